The van der Waals surface area contributed by atoms with Crippen molar-refractivity contribution in [2.24, 2.45) is 0 Å². The van der Waals surface area contributed by atoms with E-state index in [1.165, 1.54) is 24.3 Å². The first-order chi connectivity index (χ1) is 14.5. The molecule has 2 amide bonds. The molecule has 0 bridgehead atoms. The minimum absolute atomic E-state index is 0.115. The number of ether oxygens (including phenoxy) is 2. The van der Waals surface area contributed by atoms with Crippen molar-refractivity contribution in [3.8, 4) is 23.0 Å². The number of carbonyl (C=O) groups is 2. The molecule has 0 radical (unpaired) electrons. The van der Waals surface area contributed by atoms with Crippen LogP contribution in [0.3, 0.4) is 0 Å². The molecule has 3 aromatic rings. The molecule has 0 heterocycles. The Bertz CT molecular complexity index is 903. The standard InChI is InChI=1S/C22H20N2O6/c25-17-5-1-15(2-6-17)23-21(27)13-29-19-9-11-20(12-10-19)30-14-22(28)24-16-3-7-18(26)8-4-16/h1-12,25-26H,13-14H2,(H,23,27)(H,24,28). The van der Waals surface area contributed by atoms with Crippen molar-refractivity contribution in [2.75, 3.05) is 23.8 Å². The van der Waals surface area contributed by atoms with Gasteiger partial charge >= 0.3 is 0 Å². The Labute approximate surface area is 172 Å². The summed E-state index contributed by atoms with van der Waals surface area (Å²) in [4.78, 5) is 23.8. The molecule has 154 valence electrons. The number of nitrogens with one attached hydrogen (secondary N) is 2. The van der Waals surface area contributed by atoms with Gasteiger partial charge in [-0.2, -0.15) is 0 Å². The van der Waals surface area contributed by atoms with Crippen molar-refractivity contribution in [1.82, 2.24) is 0 Å². The van der Waals surface area contributed by atoms with E-state index in [1.807, 2.05) is 0 Å². The predicted octanol–water partition coefficient (Wildman–Crippen LogP) is 3.13. The number of phenols is 2. The first-order valence-electron chi connectivity index (χ1n) is 9.01. The quantitative estimate of drug-likeness (QED) is 0.426. The predicted molar refractivity (Wildman–Crippen MR) is 111 cm³/mol. The summed E-state index contributed by atoms with van der Waals surface area (Å²) >= 11 is 0. The zero-order valence-corrected chi connectivity index (χ0v) is 15.9. The third-order valence-corrected chi connectivity index (χ3v) is 3.87. The third-order valence-electron chi connectivity index (χ3n) is 3.87. The molecule has 0 atom stereocenters. The molecule has 0 aromatic heterocycles. The first kappa shape index (κ1) is 20.5. The van der Waals surface area contributed by atoms with Crippen LogP contribution in [-0.4, -0.2) is 35.2 Å². The van der Waals surface area contributed by atoms with E-state index in [4.69, 9.17) is 9.47 Å². The van der Waals surface area contributed by atoms with Crippen molar-refractivity contribution in [1.29, 1.82) is 0 Å². The van der Waals surface area contributed by atoms with E-state index in [0.717, 1.165) is 0 Å². The normalized spacial score (nSPS) is 10.1. The number of hydrogen-bond donors (Lipinski definition) is 4. The molecule has 4 N–H and O–H groups in total. The Morgan fingerprint density at radius 3 is 1.27 bits per heavy atom. The molecule has 3 aromatic carbocycles. The van der Waals surface area contributed by atoms with E-state index in [1.54, 1.807) is 48.5 Å². The minimum Gasteiger partial charge on any atom is -0.508 e. The summed E-state index contributed by atoms with van der Waals surface area (Å²) in [6.07, 6.45) is 0. The van der Waals surface area contributed by atoms with E-state index in [2.05, 4.69) is 10.6 Å². The molecule has 0 unspecified atom stereocenters. The highest BCUT2D eigenvalue weighted by Gasteiger charge is 2.06. The number of phenolic OH excluding ortho intramolecular Hbond substituents is 2. The van der Waals surface area contributed by atoms with Crippen molar-refractivity contribution in [3.63, 3.8) is 0 Å². The number of rotatable bonds is 8. The van der Waals surface area contributed by atoms with Gasteiger partial charge in [-0.3, -0.25) is 9.59 Å². The second kappa shape index (κ2) is 9.83. The molecule has 0 saturated heterocycles. The van der Waals surface area contributed by atoms with E-state index < -0.39 is 0 Å². The van der Waals surface area contributed by atoms with Crippen LogP contribution >= 0.6 is 0 Å². The minimum atomic E-state index is -0.341. The van der Waals surface area contributed by atoms with E-state index in [-0.39, 0.29) is 36.5 Å². The monoisotopic (exact) mass is 408 g/mol. The lowest BCUT2D eigenvalue weighted by atomic mass is 10.3. The fourth-order valence-electron chi connectivity index (χ4n) is 2.41. The zero-order valence-electron chi connectivity index (χ0n) is 15.9. The second-order valence-electron chi connectivity index (χ2n) is 6.24. The molecular formula is C22H20N2O6. The smallest absolute Gasteiger partial charge is 0.262 e. The van der Waals surface area contributed by atoms with Crippen molar-refractivity contribution >= 4 is 23.2 Å². The average molecular weight is 408 g/mol. The maximum absolute atomic E-state index is 11.9. The summed E-state index contributed by atoms with van der Waals surface area (Å²) in [5, 5.41) is 23.8. The highest BCUT2D eigenvalue weighted by molar-refractivity contribution is 5.92. The fourth-order valence-corrected chi connectivity index (χ4v) is 2.41. The summed E-state index contributed by atoms with van der Waals surface area (Å²) in [6.45, 7) is -0.369. The van der Waals surface area contributed by atoms with Crippen LogP contribution in [0.25, 0.3) is 0 Å². The van der Waals surface area contributed by atoms with Gasteiger partial charge in [-0.05, 0) is 72.8 Å². The van der Waals surface area contributed by atoms with Crippen LogP contribution in [0.4, 0.5) is 11.4 Å². The van der Waals surface area contributed by atoms with Crippen LogP contribution in [0, 0.1) is 0 Å². The molecule has 8 nitrogen and oxygen atoms in total. The van der Waals surface area contributed by atoms with Crippen LogP contribution in [-0.2, 0) is 9.59 Å². The molecule has 0 aliphatic carbocycles. The van der Waals surface area contributed by atoms with Gasteiger partial charge in [0.1, 0.15) is 23.0 Å². The topological polar surface area (TPSA) is 117 Å². The van der Waals surface area contributed by atoms with E-state index in [0.29, 0.717) is 22.9 Å². The lowest BCUT2D eigenvalue weighted by molar-refractivity contribution is -0.118. The van der Waals surface area contributed by atoms with Gasteiger partial charge in [0.05, 0.1) is 0 Å². The van der Waals surface area contributed by atoms with Crippen LogP contribution < -0.4 is 20.1 Å². The van der Waals surface area contributed by atoms with Crippen LogP contribution in [0.15, 0.2) is 72.8 Å². The summed E-state index contributed by atoms with van der Waals surface area (Å²) in [5.41, 5.74) is 1.10. The number of benzene rings is 3. The van der Waals surface area contributed by atoms with Crippen molar-refractivity contribution < 1.29 is 29.3 Å². The highest BCUT2D eigenvalue weighted by Crippen LogP contribution is 2.18. The SMILES string of the molecule is O=C(COc1ccc(OCC(=O)Nc2ccc(O)cc2)cc1)Nc1ccc(O)cc1. The Morgan fingerprint density at radius 1 is 0.600 bits per heavy atom. The van der Waals surface area contributed by atoms with E-state index >= 15 is 0 Å². The molecule has 0 spiro atoms. The summed E-state index contributed by atoms with van der Waals surface area (Å²) < 4.78 is 10.8. The summed E-state index contributed by atoms with van der Waals surface area (Å²) in [6, 6.07) is 18.7. The average Bonchev–Trinajstić information content (AvgIpc) is 2.75. The number of anilines is 2. The number of carbonyl (C=O) groups excluding carboxylic acids is 2. The number of aromatic hydroxyl groups is 2. The maximum atomic E-state index is 11.9. The van der Waals surface area contributed by atoms with Crippen molar-refractivity contribution in [2.45, 2.75) is 0 Å². The fraction of sp³-hybridized carbons (Fsp3) is 0.0909. The lowest BCUT2D eigenvalue weighted by Crippen LogP contribution is -2.20. The number of hydrogen-bond acceptors (Lipinski definition) is 6. The van der Waals surface area contributed by atoms with Gasteiger partial charge in [-0.1, -0.05) is 0 Å². The maximum Gasteiger partial charge on any atom is 0.262 e. The Balaban J connectivity index is 1.40. The lowest BCUT2D eigenvalue weighted by Gasteiger charge is -2.10. The van der Waals surface area contributed by atoms with Gasteiger partial charge < -0.3 is 30.3 Å². The highest BCUT2D eigenvalue weighted by atomic mass is 16.5. The van der Waals surface area contributed by atoms with Gasteiger partial charge in [-0.15, -0.1) is 0 Å². The van der Waals surface area contributed by atoms with E-state index in [9.17, 15) is 19.8 Å². The Kier molecular flexibility index (Phi) is 6.73. The van der Waals surface area contributed by atoms with Gasteiger partial charge in [0.2, 0.25) is 0 Å². The molecule has 8 heteroatoms. The molecule has 0 fully saturated rings. The second-order valence-corrected chi connectivity index (χ2v) is 6.24. The van der Waals surface area contributed by atoms with Gasteiger partial charge in [0, 0.05) is 11.4 Å². The summed E-state index contributed by atoms with van der Waals surface area (Å²) in [5.74, 6) is 0.487. The molecular weight excluding hydrogens is 388 g/mol. The zero-order chi connectivity index (χ0) is 21.3. The molecule has 0 aliphatic rings. The van der Waals surface area contributed by atoms with Gasteiger partial charge in [0.15, 0.2) is 13.2 Å². The molecule has 0 saturated carbocycles. The summed E-state index contributed by atoms with van der Waals surface area (Å²) in [7, 11) is 0. The molecule has 3 rings (SSSR count). The Morgan fingerprint density at radius 2 is 0.933 bits per heavy atom. The molecule has 30 heavy (non-hydrogen) atoms. The van der Waals surface area contributed by atoms with Crippen LogP contribution in [0.1, 0.15) is 0 Å². The largest absolute Gasteiger partial charge is 0.508 e. The van der Waals surface area contributed by atoms with Gasteiger partial charge in [-0.25, -0.2) is 0 Å². The number of amides is 2. The van der Waals surface area contributed by atoms with Crippen molar-refractivity contribution in [3.05, 3.63) is 72.8 Å². The molecule has 0 aliphatic heterocycles. The van der Waals surface area contributed by atoms with Crippen LogP contribution in [0.5, 0.6) is 23.0 Å². The Hall–Kier alpha value is -4.20. The third kappa shape index (κ3) is 6.45. The van der Waals surface area contributed by atoms with Gasteiger partial charge in [0.25, 0.3) is 11.8 Å². The van der Waals surface area contributed by atoms with Crippen LogP contribution in [0.2, 0.25) is 0 Å². The first-order valence-corrected chi connectivity index (χ1v) is 9.01.